The van der Waals surface area contributed by atoms with E-state index in [4.69, 9.17) is 9.26 Å². The van der Waals surface area contributed by atoms with E-state index in [9.17, 15) is 13.2 Å². The standard InChI is InChI=1S/C22H24N4O5S/c1-15-23-21(25-31-15)16-6-8-20(9-7-16)32(28,29)26-12-10-17(11-13-26)22(27)24-18-4-3-5-19(14-18)30-2/h3-9,14,17H,10-13H2,1-2H3,(H,24,27). The van der Waals surface area contributed by atoms with Crippen molar-refractivity contribution in [2.75, 3.05) is 25.5 Å². The van der Waals surface area contributed by atoms with Gasteiger partial charge in [0.15, 0.2) is 0 Å². The Hall–Kier alpha value is -3.24. The number of nitrogens with zero attached hydrogens (tertiary/aromatic N) is 3. The van der Waals surface area contributed by atoms with Crippen LogP contribution in [0.15, 0.2) is 57.9 Å². The van der Waals surface area contributed by atoms with Gasteiger partial charge >= 0.3 is 0 Å². The van der Waals surface area contributed by atoms with Crippen LogP contribution in [0.4, 0.5) is 5.69 Å². The molecule has 1 aromatic heterocycles. The van der Waals surface area contributed by atoms with Gasteiger partial charge in [-0.05, 0) is 49.2 Å². The fraction of sp³-hybridized carbons (Fsp3) is 0.318. The third-order valence-electron chi connectivity index (χ3n) is 5.44. The molecule has 2 aromatic carbocycles. The minimum Gasteiger partial charge on any atom is -0.497 e. The molecule has 3 aromatic rings. The van der Waals surface area contributed by atoms with E-state index in [1.807, 2.05) is 0 Å². The Kier molecular flexibility index (Phi) is 6.24. The molecule has 2 heterocycles. The van der Waals surface area contributed by atoms with Crippen molar-refractivity contribution in [2.24, 2.45) is 5.92 Å². The summed E-state index contributed by atoms with van der Waals surface area (Å²) in [4.78, 5) is 17.0. The van der Waals surface area contributed by atoms with E-state index < -0.39 is 10.0 Å². The second-order valence-electron chi connectivity index (χ2n) is 7.56. The van der Waals surface area contributed by atoms with E-state index in [1.165, 1.54) is 16.4 Å². The largest absolute Gasteiger partial charge is 0.497 e. The maximum Gasteiger partial charge on any atom is 0.243 e. The Bertz CT molecular complexity index is 1200. The number of aromatic nitrogens is 2. The summed E-state index contributed by atoms with van der Waals surface area (Å²) in [7, 11) is -2.09. The van der Waals surface area contributed by atoms with Gasteiger partial charge in [0.2, 0.25) is 27.6 Å². The monoisotopic (exact) mass is 456 g/mol. The lowest BCUT2D eigenvalue weighted by molar-refractivity contribution is -0.120. The predicted molar refractivity (Wildman–Crippen MR) is 118 cm³/mol. The van der Waals surface area contributed by atoms with Gasteiger partial charge in [0.05, 0.1) is 12.0 Å². The Morgan fingerprint density at radius 2 is 1.88 bits per heavy atom. The van der Waals surface area contributed by atoms with E-state index in [-0.39, 0.29) is 29.8 Å². The number of hydrogen-bond donors (Lipinski definition) is 1. The van der Waals surface area contributed by atoms with Crippen molar-refractivity contribution in [1.29, 1.82) is 0 Å². The van der Waals surface area contributed by atoms with Crippen molar-refractivity contribution in [3.05, 3.63) is 54.4 Å². The van der Waals surface area contributed by atoms with Gasteiger partial charge in [-0.1, -0.05) is 11.2 Å². The molecular formula is C22H24N4O5S. The molecule has 168 valence electrons. The highest BCUT2D eigenvalue weighted by Crippen LogP contribution is 2.27. The zero-order chi connectivity index (χ0) is 22.7. The van der Waals surface area contributed by atoms with Crippen LogP contribution >= 0.6 is 0 Å². The lowest BCUT2D eigenvalue weighted by Crippen LogP contribution is -2.41. The van der Waals surface area contributed by atoms with Gasteiger partial charge in [-0.2, -0.15) is 9.29 Å². The first-order valence-corrected chi connectivity index (χ1v) is 11.7. The van der Waals surface area contributed by atoms with E-state index in [0.29, 0.717) is 41.6 Å². The Morgan fingerprint density at radius 1 is 1.16 bits per heavy atom. The fourth-order valence-corrected chi connectivity index (χ4v) is 5.11. The summed E-state index contributed by atoms with van der Waals surface area (Å²) in [6.07, 6.45) is 0.907. The molecule has 4 rings (SSSR count). The van der Waals surface area contributed by atoms with Crippen LogP contribution in [-0.2, 0) is 14.8 Å². The average molecular weight is 457 g/mol. The van der Waals surface area contributed by atoms with E-state index in [1.54, 1.807) is 50.4 Å². The minimum atomic E-state index is -3.65. The summed E-state index contributed by atoms with van der Waals surface area (Å²) in [6.45, 7) is 2.25. The van der Waals surface area contributed by atoms with Gasteiger partial charge in [0.25, 0.3) is 0 Å². The molecule has 1 saturated heterocycles. The second-order valence-corrected chi connectivity index (χ2v) is 9.50. The number of carbonyl (C=O) groups is 1. The number of ether oxygens (including phenoxy) is 1. The number of benzene rings is 2. The number of nitrogens with one attached hydrogen (secondary N) is 1. The number of aryl methyl sites for hydroxylation is 1. The second kappa shape index (κ2) is 9.09. The van der Waals surface area contributed by atoms with E-state index in [2.05, 4.69) is 15.5 Å². The molecule has 1 aliphatic rings. The molecule has 0 unspecified atom stereocenters. The third-order valence-corrected chi connectivity index (χ3v) is 7.35. The molecule has 1 fully saturated rings. The van der Waals surface area contributed by atoms with Gasteiger partial charge in [-0.15, -0.1) is 0 Å². The molecule has 0 radical (unpaired) electrons. The first-order chi connectivity index (χ1) is 15.4. The number of rotatable bonds is 6. The zero-order valence-corrected chi connectivity index (χ0v) is 18.6. The molecule has 0 bridgehead atoms. The Balaban J connectivity index is 1.38. The molecule has 32 heavy (non-hydrogen) atoms. The fourth-order valence-electron chi connectivity index (χ4n) is 3.65. The molecule has 9 nitrogen and oxygen atoms in total. The van der Waals surface area contributed by atoms with Gasteiger partial charge in [-0.25, -0.2) is 8.42 Å². The van der Waals surface area contributed by atoms with Crippen molar-refractivity contribution in [1.82, 2.24) is 14.4 Å². The van der Waals surface area contributed by atoms with Gasteiger partial charge in [0, 0.05) is 43.2 Å². The highest BCUT2D eigenvalue weighted by molar-refractivity contribution is 7.89. The van der Waals surface area contributed by atoms with Crippen molar-refractivity contribution in [3.8, 4) is 17.1 Å². The number of piperidine rings is 1. The lowest BCUT2D eigenvalue weighted by Gasteiger charge is -2.30. The maximum absolute atomic E-state index is 13.0. The number of methoxy groups -OCH3 is 1. The highest BCUT2D eigenvalue weighted by atomic mass is 32.2. The van der Waals surface area contributed by atoms with Crippen LogP contribution in [0.1, 0.15) is 18.7 Å². The average Bonchev–Trinajstić information content (AvgIpc) is 3.25. The van der Waals surface area contributed by atoms with Crippen LogP contribution in [0.25, 0.3) is 11.4 Å². The van der Waals surface area contributed by atoms with Crippen molar-refractivity contribution in [2.45, 2.75) is 24.7 Å². The number of amides is 1. The smallest absolute Gasteiger partial charge is 0.243 e. The van der Waals surface area contributed by atoms with Crippen molar-refractivity contribution < 1.29 is 22.5 Å². The predicted octanol–water partition coefficient (Wildman–Crippen LogP) is 3.09. The molecule has 1 aliphatic heterocycles. The Morgan fingerprint density at radius 3 is 2.50 bits per heavy atom. The molecule has 1 amide bonds. The SMILES string of the molecule is COc1cccc(NC(=O)C2CCN(S(=O)(=O)c3ccc(-c4noc(C)n4)cc3)CC2)c1. The van der Waals surface area contributed by atoms with Crippen LogP contribution in [0, 0.1) is 12.8 Å². The minimum absolute atomic E-state index is 0.116. The van der Waals surface area contributed by atoms with Crippen molar-refractivity contribution in [3.63, 3.8) is 0 Å². The van der Waals surface area contributed by atoms with Gasteiger partial charge in [-0.3, -0.25) is 4.79 Å². The maximum atomic E-state index is 13.0. The van der Waals surface area contributed by atoms with Gasteiger partial charge < -0.3 is 14.6 Å². The van der Waals surface area contributed by atoms with E-state index in [0.717, 1.165) is 0 Å². The van der Waals surface area contributed by atoms with Gasteiger partial charge in [0.1, 0.15) is 5.75 Å². The van der Waals surface area contributed by atoms with E-state index >= 15 is 0 Å². The Labute approximate surface area is 186 Å². The topological polar surface area (TPSA) is 115 Å². The number of carbonyl (C=O) groups excluding carboxylic acids is 1. The highest BCUT2D eigenvalue weighted by Gasteiger charge is 2.32. The number of hydrogen-bond acceptors (Lipinski definition) is 7. The van der Waals surface area contributed by atoms with Crippen LogP contribution < -0.4 is 10.1 Å². The third kappa shape index (κ3) is 4.66. The quantitative estimate of drug-likeness (QED) is 0.606. The molecule has 0 spiro atoms. The van der Waals surface area contributed by atoms with Crippen LogP contribution in [0.3, 0.4) is 0 Å². The molecule has 0 aliphatic carbocycles. The summed E-state index contributed by atoms with van der Waals surface area (Å²) < 4.78 is 37.6. The van der Waals surface area contributed by atoms with Crippen LogP contribution in [0.2, 0.25) is 0 Å². The molecule has 10 heteroatoms. The van der Waals surface area contributed by atoms with Crippen LogP contribution in [0.5, 0.6) is 5.75 Å². The molecule has 0 atom stereocenters. The molecule has 1 N–H and O–H groups in total. The van der Waals surface area contributed by atoms with Crippen molar-refractivity contribution >= 4 is 21.6 Å². The molecular weight excluding hydrogens is 432 g/mol. The lowest BCUT2D eigenvalue weighted by atomic mass is 9.97. The summed E-state index contributed by atoms with van der Waals surface area (Å²) >= 11 is 0. The van der Waals surface area contributed by atoms with Crippen LogP contribution in [-0.4, -0.2) is 49.0 Å². The first-order valence-electron chi connectivity index (χ1n) is 10.2. The summed E-state index contributed by atoms with van der Waals surface area (Å²) in [5.41, 5.74) is 1.33. The summed E-state index contributed by atoms with van der Waals surface area (Å²) in [5.74, 6) is 1.14. The zero-order valence-electron chi connectivity index (χ0n) is 17.8. The summed E-state index contributed by atoms with van der Waals surface area (Å²) in [6, 6.07) is 13.5. The summed E-state index contributed by atoms with van der Waals surface area (Å²) in [5, 5.41) is 6.73. The molecule has 0 saturated carbocycles. The normalized spacial score (nSPS) is 15.4. The number of anilines is 1. The first kappa shape index (κ1) is 22.0. The number of sulfonamides is 1.